The van der Waals surface area contributed by atoms with Gasteiger partial charge in [-0.1, -0.05) is 0 Å². The van der Waals surface area contributed by atoms with Gasteiger partial charge in [0.15, 0.2) is 5.43 Å². The Bertz CT molecular complexity index is 736. The third-order valence-electron chi connectivity index (χ3n) is 5.01. The van der Waals surface area contributed by atoms with Gasteiger partial charge in [0.25, 0.3) is 0 Å². The number of piperidine rings is 1. The second-order valence-corrected chi connectivity index (χ2v) is 6.45. The largest absolute Gasteiger partial charge is 0.497 e. The lowest BCUT2D eigenvalue weighted by atomic mass is 10.0. The number of fused-ring (bicyclic) bond motifs is 1. The van der Waals surface area contributed by atoms with Gasteiger partial charge in [-0.2, -0.15) is 0 Å². The molecule has 2 atom stereocenters. The molecule has 0 spiro atoms. The summed E-state index contributed by atoms with van der Waals surface area (Å²) in [6.07, 6.45) is 3.83. The van der Waals surface area contributed by atoms with Crippen LogP contribution in [-0.2, 0) is 6.54 Å². The summed E-state index contributed by atoms with van der Waals surface area (Å²) >= 11 is 0. The number of quaternary nitrogens is 1. The van der Waals surface area contributed by atoms with Crippen LogP contribution in [0, 0.1) is 6.92 Å². The van der Waals surface area contributed by atoms with Crippen molar-refractivity contribution in [3.05, 3.63) is 39.7 Å². The van der Waals surface area contributed by atoms with Crippen LogP contribution in [0.2, 0.25) is 0 Å². The Labute approximate surface area is 131 Å². The van der Waals surface area contributed by atoms with E-state index < -0.39 is 0 Å². The Morgan fingerprint density at radius 2 is 2.18 bits per heavy atom. The lowest BCUT2D eigenvalue weighted by molar-refractivity contribution is -0.942. The number of aromatic nitrogens is 1. The van der Waals surface area contributed by atoms with Gasteiger partial charge >= 0.3 is 0 Å². The second kappa shape index (κ2) is 6.13. The van der Waals surface area contributed by atoms with Gasteiger partial charge in [0.1, 0.15) is 12.3 Å². The molecule has 1 saturated heterocycles. The van der Waals surface area contributed by atoms with Crippen LogP contribution >= 0.6 is 0 Å². The lowest BCUT2D eigenvalue weighted by Crippen LogP contribution is -3.15. The number of likely N-dealkylation sites (tertiary alicyclic amines) is 1. The van der Waals surface area contributed by atoms with Crippen LogP contribution in [0.15, 0.2) is 23.0 Å². The molecule has 118 valence electrons. The zero-order valence-electron chi connectivity index (χ0n) is 13.7. The van der Waals surface area contributed by atoms with Gasteiger partial charge in [0, 0.05) is 16.6 Å². The van der Waals surface area contributed by atoms with Gasteiger partial charge in [0.05, 0.1) is 25.3 Å². The number of aryl methyl sites for hydroxylation is 1. The number of pyridine rings is 1. The van der Waals surface area contributed by atoms with E-state index in [2.05, 4.69) is 11.9 Å². The van der Waals surface area contributed by atoms with Gasteiger partial charge in [-0.05, 0) is 51.3 Å². The quantitative estimate of drug-likeness (QED) is 0.908. The summed E-state index contributed by atoms with van der Waals surface area (Å²) in [7, 11) is 1.63. The van der Waals surface area contributed by atoms with E-state index in [0.717, 1.165) is 41.0 Å². The van der Waals surface area contributed by atoms with Crippen LogP contribution in [-0.4, -0.2) is 24.7 Å². The summed E-state index contributed by atoms with van der Waals surface area (Å²) in [5.74, 6) is 0.728. The third-order valence-corrected chi connectivity index (χ3v) is 5.01. The highest BCUT2D eigenvalue weighted by Crippen LogP contribution is 2.18. The minimum absolute atomic E-state index is 0.149. The highest BCUT2D eigenvalue weighted by atomic mass is 16.5. The van der Waals surface area contributed by atoms with Crippen molar-refractivity contribution >= 4 is 10.9 Å². The molecular weight excluding hydrogens is 276 g/mol. The molecule has 1 fully saturated rings. The molecule has 1 aromatic carbocycles. The monoisotopic (exact) mass is 301 g/mol. The zero-order chi connectivity index (χ0) is 15.7. The number of ether oxygens (including phenoxy) is 1. The van der Waals surface area contributed by atoms with E-state index >= 15 is 0 Å². The lowest BCUT2D eigenvalue weighted by Gasteiger charge is -2.30. The molecule has 2 heterocycles. The van der Waals surface area contributed by atoms with Crippen molar-refractivity contribution in [2.45, 2.75) is 45.7 Å². The normalized spacial score (nSPS) is 22.0. The fraction of sp³-hybridized carbons (Fsp3) is 0.500. The molecule has 22 heavy (non-hydrogen) atoms. The number of hydrogen-bond donors (Lipinski definition) is 2. The van der Waals surface area contributed by atoms with E-state index in [9.17, 15) is 4.79 Å². The van der Waals surface area contributed by atoms with Crippen LogP contribution < -0.4 is 15.1 Å². The molecule has 2 aromatic rings. The molecule has 1 aliphatic rings. The van der Waals surface area contributed by atoms with Crippen molar-refractivity contribution in [2.24, 2.45) is 0 Å². The van der Waals surface area contributed by atoms with Crippen molar-refractivity contribution in [2.75, 3.05) is 13.7 Å². The molecule has 0 saturated carbocycles. The van der Waals surface area contributed by atoms with E-state index in [1.165, 1.54) is 24.2 Å². The van der Waals surface area contributed by atoms with E-state index in [4.69, 9.17) is 4.74 Å². The maximum Gasteiger partial charge on any atom is 0.198 e. The maximum atomic E-state index is 12.9. The van der Waals surface area contributed by atoms with Crippen LogP contribution in [0.1, 0.15) is 37.4 Å². The van der Waals surface area contributed by atoms with E-state index in [-0.39, 0.29) is 5.43 Å². The fourth-order valence-corrected chi connectivity index (χ4v) is 3.51. The highest BCUT2D eigenvalue weighted by molar-refractivity contribution is 5.81. The summed E-state index contributed by atoms with van der Waals surface area (Å²) in [5.41, 5.74) is 2.95. The molecular formula is C18H25N2O2+. The first-order chi connectivity index (χ1) is 10.6. The molecule has 1 aromatic heterocycles. The first-order valence-corrected chi connectivity index (χ1v) is 8.14. The predicted molar refractivity (Wildman–Crippen MR) is 88.7 cm³/mol. The number of rotatable bonds is 3. The molecule has 0 radical (unpaired) electrons. The molecule has 3 rings (SSSR count). The van der Waals surface area contributed by atoms with E-state index in [1.54, 1.807) is 7.11 Å². The van der Waals surface area contributed by atoms with Crippen molar-refractivity contribution in [1.29, 1.82) is 0 Å². The van der Waals surface area contributed by atoms with Gasteiger partial charge in [0.2, 0.25) is 0 Å². The molecule has 0 amide bonds. The van der Waals surface area contributed by atoms with Crippen molar-refractivity contribution < 1.29 is 9.64 Å². The Morgan fingerprint density at radius 1 is 1.36 bits per heavy atom. The number of nitrogens with one attached hydrogen (secondary N) is 2. The standard InChI is InChI=1S/C18H24N2O2/c1-12-6-4-5-9-20(12)11-16-13(2)19-17-8-7-14(22-3)10-15(17)18(16)21/h7-8,10,12H,4-6,9,11H2,1-3H3,(H,19,21)/p+1. The number of methoxy groups -OCH3 is 1. The molecule has 4 nitrogen and oxygen atoms in total. The number of H-pyrrole nitrogens is 1. The number of aromatic amines is 1. The highest BCUT2D eigenvalue weighted by Gasteiger charge is 2.24. The van der Waals surface area contributed by atoms with Crippen LogP contribution in [0.3, 0.4) is 0 Å². The van der Waals surface area contributed by atoms with Crippen molar-refractivity contribution in [3.8, 4) is 5.75 Å². The molecule has 1 aliphatic heterocycles. The molecule has 0 aliphatic carbocycles. The van der Waals surface area contributed by atoms with E-state index in [0.29, 0.717) is 6.04 Å². The summed E-state index contributed by atoms with van der Waals surface area (Å²) < 4.78 is 5.26. The predicted octanol–water partition coefficient (Wildman–Crippen LogP) is 1.80. The van der Waals surface area contributed by atoms with Crippen LogP contribution in [0.25, 0.3) is 10.9 Å². The maximum absolute atomic E-state index is 12.9. The van der Waals surface area contributed by atoms with Crippen LogP contribution in [0.4, 0.5) is 0 Å². The van der Waals surface area contributed by atoms with Gasteiger partial charge in [-0.15, -0.1) is 0 Å². The van der Waals surface area contributed by atoms with Crippen molar-refractivity contribution in [1.82, 2.24) is 4.98 Å². The summed E-state index contributed by atoms with van der Waals surface area (Å²) in [4.78, 5) is 17.8. The summed E-state index contributed by atoms with van der Waals surface area (Å²) in [6, 6.07) is 6.28. The Kier molecular flexibility index (Phi) is 4.21. The molecule has 2 N–H and O–H groups in total. The Hall–Kier alpha value is -1.81. The SMILES string of the molecule is COc1ccc2[nH]c(C)c(C[NH+]3CCCCC3C)c(=O)c2c1. The van der Waals surface area contributed by atoms with E-state index in [1.807, 2.05) is 25.1 Å². The molecule has 0 bridgehead atoms. The first-order valence-electron chi connectivity index (χ1n) is 8.14. The third kappa shape index (κ3) is 2.75. The Balaban J connectivity index is 2.03. The molecule has 4 heteroatoms. The minimum Gasteiger partial charge on any atom is -0.497 e. The van der Waals surface area contributed by atoms with Gasteiger partial charge in [-0.25, -0.2) is 0 Å². The van der Waals surface area contributed by atoms with Gasteiger partial charge in [-0.3, -0.25) is 4.79 Å². The average Bonchev–Trinajstić information content (AvgIpc) is 2.53. The minimum atomic E-state index is 0.149. The molecule has 2 unspecified atom stereocenters. The summed E-state index contributed by atoms with van der Waals surface area (Å²) in [6.45, 7) is 6.28. The first kappa shape index (κ1) is 15.1. The second-order valence-electron chi connectivity index (χ2n) is 6.45. The smallest absolute Gasteiger partial charge is 0.198 e. The topological polar surface area (TPSA) is 46.5 Å². The number of benzene rings is 1. The van der Waals surface area contributed by atoms with Gasteiger partial charge < -0.3 is 14.6 Å². The average molecular weight is 301 g/mol. The Morgan fingerprint density at radius 3 is 2.91 bits per heavy atom. The summed E-state index contributed by atoms with van der Waals surface area (Å²) in [5, 5.41) is 0.726. The van der Waals surface area contributed by atoms with Crippen molar-refractivity contribution in [3.63, 3.8) is 0 Å². The zero-order valence-corrected chi connectivity index (χ0v) is 13.7. The van der Waals surface area contributed by atoms with Crippen LogP contribution in [0.5, 0.6) is 5.75 Å². The number of hydrogen-bond acceptors (Lipinski definition) is 2. The fourth-order valence-electron chi connectivity index (χ4n) is 3.51.